The Morgan fingerprint density at radius 2 is 2.04 bits per heavy atom. The Morgan fingerprint density at radius 3 is 2.50 bits per heavy atom. The van der Waals surface area contributed by atoms with Crippen LogP contribution in [0.3, 0.4) is 0 Å². The van der Waals surface area contributed by atoms with Crippen molar-refractivity contribution in [1.82, 2.24) is 4.98 Å². The minimum absolute atomic E-state index is 0.0698. The highest BCUT2D eigenvalue weighted by atomic mass is 35.5. The van der Waals surface area contributed by atoms with E-state index in [0.717, 1.165) is 12.1 Å². The molecule has 0 aliphatic heterocycles. The van der Waals surface area contributed by atoms with E-state index in [4.69, 9.17) is 16.3 Å². The van der Waals surface area contributed by atoms with Crippen molar-refractivity contribution in [2.75, 3.05) is 0 Å². The Balaban J connectivity index is 2.51. The van der Waals surface area contributed by atoms with Gasteiger partial charge < -0.3 is 4.74 Å². The van der Waals surface area contributed by atoms with Gasteiger partial charge in [0.1, 0.15) is 10.8 Å². The number of rotatable bonds is 5. The Hall–Kier alpha value is -2.29. The molecule has 0 spiro atoms. The fraction of sp³-hybridized carbons (Fsp3) is 0.214. The van der Waals surface area contributed by atoms with E-state index in [-0.39, 0.29) is 23.6 Å². The minimum Gasteiger partial charge on any atom is -0.437 e. The van der Waals surface area contributed by atoms with Gasteiger partial charge >= 0.3 is 25.2 Å². The highest BCUT2D eigenvalue weighted by molar-refractivity contribution is 7.47. The summed E-state index contributed by atoms with van der Waals surface area (Å²) in [5.41, 5.74) is -1.35. The van der Waals surface area contributed by atoms with Gasteiger partial charge in [-0.2, -0.15) is 18.1 Å². The molecular formula is C14H10ClF3N2O5P+. The molecule has 1 heterocycles. The lowest BCUT2D eigenvalue weighted by atomic mass is 10.1. The standard InChI is InChI=1S/C14H9ClF3N2O5P/c1-2-7-3-10(20(21)22)12(26(23)24)5-11(7)25-13-9(15)4-8(6-19-13)14(16,17)18/h3-6H,2H2,1H3/p+1. The van der Waals surface area contributed by atoms with Crippen molar-refractivity contribution in [3.05, 3.63) is 50.7 Å². The van der Waals surface area contributed by atoms with E-state index in [2.05, 4.69) is 4.98 Å². The Morgan fingerprint density at radius 1 is 1.38 bits per heavy atom. The minimum atomic E-state index is -4.64. The van der Waals surface area contributed by atoms with Crippen LogP contribution in [0.25, 0.3) is 0 Å². The third kappa shape index (κ3) is 4.27. The monoisotopic (exact) mass is 409 g/mol. The maximum atomic E-state index is 12.6. The van der Waals surface area contributed by atoms with Crippen molar-refractivity contribution in [1.29, 1.82) is 0 Å². The van der Waals surface area contributed by atoms with Gasteiger partial charge in [-0.1, -0.05) is 18.5 Å². The van der Waals surface area contributed by atoms with Crippen molar-refractivity contribution in [3.8, 4) is 11.6 Å². The molecule has 2 rings (SSSR count). The normalized spacial score (nSPS) is 12.0. The highest BCUT2D eigenvalue weighted by Crippen LogP contribution is 2.37. The first kappa shape index (κ1) is 20.0. The summed E-state index contributed by atoms with van der Waals surface area (Å²) in [6.45, 7) is 1.65. The van der Waals surface area contributed by atoms with Gasteiger partial charge in [-0.15, -0.1) is 0 Å². The fourth-order valence-corrected chi connectivity index (χ4v) is 2.81. The summed E-state index contributed by atoms with van der Waals surface area (Å²) in [5.74, 6) is -0.443. The van der Waals surface area contributed by atoms with Crippen LogP contribution >= 0.6 is 19.6 Å². The van der Waals surface area contributed by atoms with Crippen LogP contribution in [0.5, 0.6) is 11.6 Å². The number of nitro benzene ring substituents is 1. The molecule has 0 radical (unpaired) electrons. The average molecular weight is 410 g/mol. The number of hydrogen-bond acceptors (Lipinski definition) is 5. The van der Waals surface area contributed by atoms with Crippen LogP contribution < -0.4 is 10.0 Å². The van der Waals surface area contributed by atoms with Gasteiger partial charge in [0.05, 0.1) is 10.5 Å². The zero-order valence-electron chi connectivity index (χ0n) is 13.0. The molecule has 1 unspecified atom stereocenters. The van der Waals surface area contributed by atoms with Crippen molar-refractivity contribution < 1.29 is 32.3 Å². The van der Waals surface area contributed by atoms with E-state index >= 15 is 0 Å². The molecule has 0 aliphatic carbocycles. The summed E-state index contributed by atoms with van der Waals surface area (Å²) >= 11 is 5.76. The van der Waals surface area contributed by atoms with Crippen LogP contribution in [0.4, 0.5) is 18.9 Å². The molecule has 2 aromatic rings. The van der Waals surface area contributed by atoms with Gasteiger partial charge in [0, 0.05) is 23.9 Å². The smallest absolute Gasteiger partial charge is 0.437 e. The topological polar surface area (TPSA) is 103 Å². The lowest BCUT2D eigenvalue weighted by Crippen LogP contribution is -2.09. The van der Waals surface area contributed by atoms with E-state index in [1.165, 1.54) is 0 Å². The molecule has 0 bridgehead atoms. The van der Waals surface area contributed by atoms with E-state index < -0.39 is 40.7 Å². The first-order valence-electron chi connectivity index (χ1n) is 6.92. The third-order valence-electron chi connectivity index (χ3n) is 3.28. The highest BCUT2D eigenvalue weighted by Gasteiger charge is 2.34. The van der Waals surface area contributed by atoms with Gasteiger partial charge in [-0.25, -0.2) is 4.98 Å². The molecule has 1 N–H and O–H groups in total. The van der Waals surface area contributed by atoms with Crippen LogP contribution in [0.1, 0.15) is 18.1 Å². The van der Waals surface area contributed by atoms with Crippen molar-refractivity contribution >= 4 is 30.6 Å². The second kappa shape index (κ2) is 7.53. The van der Waals surface area contributed by atoms with E-state index in [1.54, 1.807) is 6.92 Å². The molecule has 0 amide bonds. The molecule has 26 heavy (non-hydrogen) atoms. The first-order valence-corrected chi connectivity index (χ1v) is 8.51. The fourth-order valence-electron chi connectivity index (χ4n) is 2.03. The summed E-state index contributed by atoms with van der Waals surface area (Å²) < 4.78 is 54.7. The number of alkyl halides is 3. The summed E-state index contributed by atoms with van der Waals surface area (Å²) in [6.07, 6.45) is -3.87. The number of halogens is 4. The van der Waals surface area contributed by atoms with Gasteiger partial charge in [0.2, 0.25) is 5.88 Å². The summed E-state index contributed by atoms with van der Waals surface area (Å²) in [4.78, 5) is 23.0. The van der Waals surface area contributed by atoms with Crippen LogP contribution in [-0.2, 0) is 17.2 Å². The van der Waals surface area contributed by atoms with E-state index in [0.29, 0.717) is 12.3 Å². The van der Waals surface area contributed by atoms with Crippen LogP contribution in [0, 0.1) is 10.1 Å². The maximum Gasteiger partial charge on any atom is 0.553 e. The Labute approximate surface area is 150 Å². The number of aromatic nitrogens is 1. The van der Waals surface area contributed by atoms with Gasteiger partial charge in [0.25, 0.3) is 0 Å². The molecule has 1 aromatic heterocycles. The molecule has 1 aromatic carbocycles. The van der Waals surface area contributed by atoms with Crippen LogP contribution in [-0.4, -0.2) is 14.8 Å². The molecule has 0 saturated carbocycles. The molecule has 1 atom stereocenters. The van der Waals surface area contributed by atoms with Crippen molar-refractivity contribution in [2.45, 2.75) is 19.5 Å². The molecule has 7 nitrogen and oxygen atoms in total. The van der Waals surface area contributed by atoms with Gasteiger partial charge in [-0.3, -0.25) is 10.1 Å². The number of ether oxygens (including phenoxy) is 1. The van der Waals surface area contributed by atoms with Gasteiger partial charge in [0.15, 0.2) is 0 Å². The third-order valence-corrected chi connectivity index (χ3v) is 4.32. The average Bonchev–Trinajstić information content (AvgIpc) is 2.54. The SMILES string of the molecule is CCc1cc([N+](=O)[O-])c([P+](=O)O)cc1Oc1ncc(C(F)(F)F)cc1Cl. The molecular weight excluding hydrogens is 400 g/mol. The lowest BCUT2D eigenvalue weighted by Gasteiger charge is -2.12. The number of pyridine rings is 1. The molecule has 0 aliphatic rings. The van der Waals surface area contributed by atoms with Crippen LogP contribution in [0.15, 0.2) is 24.4 Å². The summed E-state index contributed by atoms with van der Waals surface area (Å²) in [7, 11) is -3.06. The zero-order valence-corrected chi connectivity index (χ0v) is 14.6. The summed E-state index contributed by atoms with van der Waals surface area (Å²) in [5, 5.41) is 10.1. The predicted octanol–water partition coefficient (Wildman–Crippen LogP) is 4.38. The molecule has 12 heteroatoms. The first-order chi connectivity index (χ1) is 12.0. The number of hydrogen-bond donors (Lipinski definition) is 1. The number of nitro groups is 1. The predicted molar refractivity (Wildman–Crippen MR) is 86.3 cm³/mol. The largest absolute Gasteiger partial charge is 0.553 e. The quantitative estimate of drug-likeness (QED) is 0.446. The molecule has 138 valence electrons. The Bertz CT molecular complexity index is 892. The zero-order chi connectivity index (χ0) is 19.6. The molecule has 0 fully saturated rings. The molecule has 0 saturated heterocycles. The van der Waals surface area contributed by atoms with Gasteiger partial charge in [-0.05, 0) is 17.1 Å². The second-order valence-electron chi connectivity index (χ2n) is 4.94. The van der Waals surface area contributed by atoms with Crippen molar-refractivity contribution in [2.24, 2.45) is 0 Å². The van der Waals surface area contributed by atoms with E-state index in [9.17, 15) is 32.7 Å². The second-order valence-corrected chi connectivity index (χ2v) is 6.38. The number of aryl methyl sites for hydroxylation is 1. The van der Waals surface area contributed by atoms with Crippen molar-refractivity contribution in [3.63, 3.8) is 0 Å². The van der Waals surface area contributed by atoms with Crippen LogP contribution in [0.2, 0.25) is 5.02 Å². The van der Waals surface area contributed by atoms with E-state index in [1.807, 2.05) is 0 Å². The maximum absolute atomic E-state index is 12.6. The number of benzene rings is 1. The number of nitrogens with zero attached hydrogens (tertiary/aromatic N) is 2. The lowest BCUT2D eigenvalue weighted by molar-refractivity contribution is -0.383. The Kier molecular flexibility index (Phi) is 5.80. The summed E-state index contributed by atoms with van der Waals surface area (Å²) in [6, 6.07) is 2.66.